The van der Waals surface area contributed by atoms with E-state index in [0.717, 1.165) is 5.39 Å². The number of fused-ring (bicyclic) bond motifs is 1. The van der Waals surface area contributed by atoms with Crippen LogP contribution < -0.4 is 0 Å². The number of imidazole rings is 1. The lowest BCUT2D eigenvalue weighted by Gasteiger charge is -1.88. The van der Waals surface area contributed by atoms with Gasteiger partial charge in [0.2, 0.25) is 5.71 Å². The molecule has 2 N–H and O–H groups in total. The Hall–Kier alpha value is -2.63. The molecule has 0 amide bonds. The Kier molecular flexibility index (Phi) is 1.94. The van der Waals surface area contributed by atoms with Gasteiger partial charge in [-0.1, -0.05) is 0 Å². The molecule has 0 aliphatic rings. The van der Waals surface area contributed by atoms with Crippen LogP contribution in [0.3, 0.4) is 0 Å². The lowest BCUT2D eigenvalue weighted by molar-refractivity contribution is 0.0691. The fourth-order valence-corrected chi connectivity index (χ4v) is 1.55. The highest BCUT2D eigenvalue weighted by Gasteiger charge is 2.12. The molecule has 84 valence electrons. The standard InChI is InChI=1S/C11H7N3O3/c15-11(16)7-5-13-9(14-7)8-4-6-2-1-3-12-10(6)17-8/h1-5H,(H,13,14)(H,15,16). The van der Waals surface area contributed by atoms with Crippen LogP contribution in [0.5, 0.6) is 0 Å². The van der Waals surface area contributed by atoms with Crippen molar-refractivity contribution in [3.8, 4) is 11.6 Å². The molecule has 3 aromatic heterocycles. The van der Waals surface area contributed by atoms with Crippen molar-refractivity contribution in [3.05, 3.63) is 36.3 Å². The van der Waals surface area contributed by atoms with Gasteiger partial charge in [0.15, 0.2) is 11.6 Å². The molecule has 0 spiro atoms. The number of carboxylic acids is 1. The number of furan rings is 1. The Balaban J connectivity index is 2.10. The zero-order valence-electron chi connectivity index (χ0n) is 8.54. The number of hydrogen-bond acceptors (Lipinski definition) is 4. The molecule has 0 saturated carbocycles. The van der Waals surface area contributed by atoms with Crippen LogP contribution in [0.1, 0.15) is 10.5 Å². The number of aromatic amines is 1. The molecule has 0 saturated heterocycles. The summed E-state index contributed by atoms with van der Waals surface area (Å²) in [6.07, 6.45) is 2.87. The van der Waals surface area contributed by atoms with Gasteiger partial charge in [-0.25, -0.2) is 14.8 Å². The molecule has 0 aliphatic heterocycles. The Morgan fingerprint density at radius 1 is 1.41 bits per heavy atom. The first kappa shape index (κ1) is 9.59. The largest absolute Gasteiger partial charge is 0.477 e. The highest BCUT2D eigenvalue weighted by Crippen LogP contribution is 2.24. The van der Waals surface area contributed by atoms with Gasteiger partial charge in [0.05, 0.1) is 6.20 Å². The molecule has 0 bridgehead atoms. The zero-order valence-corrected chi connectivity index (χ0v) is 8.54. The first-order valence-corrected chi connectivity index (χ1v) is 4.87. The number of nitrogens with zero attached hydrogens (tertiary/aromatic N) is 2. The normalized spacial score (nSPS) is 10.8. The summed E-state index contributed by atoms with van der Waals surface area (Å²) in [6.45, 7) is 0. The third kappa shape index (κ3) is 1.55. The van der Waals surface area contributed by atoms with Crippen LogP contribution in [-0.2, 0) is 0 Å². The monoisotopic (exact) mass is 229 g/mol. The third-order valence-corrected chi connectivity index (χ3v) is 2.33. The minimum Gasteiger partial charge on any atom is -0.477 e. The van der Waals surface area contributed by atoms with Crippen LogP contribution >= 0.6 is 0 Å². The molecule has 0 fully saturated rings. The van der Waals surface area contributed by atoms with Crippen molar-refractivity contribution in [1.82, 2.24) is 15.0 Å². The summed E-state index contributed by atoms with van der Waals surface area (Å²) >= 11 is 0. The molecule has 0 atom stereocenters. The van der Waals surface area contributed by atoms with Gasteiger partial charge in [-0.15, -0.1) is 0 Å². The van der Waals surface area contributed by atoms with E-state index in [-0.39, 0.29) is 5.69 Å². The Morgan fingerprint density at radius 3 is 3.00 bits per heavy atom. The number of pyridine rings is 1. The summed E-state index contributed by atoms with van der Waals surface area (Å²) in [4.78, 5) is 21.4. The Morgan fingerprint density at radius 2 is 2.29 bits per heavy atom. The summed E-state index contributed by atoms with van der Waals surface area (Å²) < 4.78 is 5.45. The van der Waals surface area contributed by atoms with Gasteiger partial charge in [-0.3, -0.25) is 0 Å². The maximum Gasteiger partial charge on any atom is 0.353 e. The fourth-order valence-electron chi connectivity index (χ4n) is 1.55. The van der Waals surface area contributed by atoms with Crippen molar-refractivity contribution in [2.45, 2.75) is 0 Å². The number of nitrogens with one attached hydrogen (secondary N) is 1. The Bertz CT molecular complexity index is 666. The minimum absolute atomic E-state index is 0.0217. The first-order valence-electron chi connectivity index (χ1n) is 4.87. The maximum atomic E-state index is 10.7. The van der Waals surface area contributed by atoms with Gasteiger partial charge in [0, 0.05) is 11.6 Å². The number of rotatable bonds is 2. The number of aromatic carboxylic acids is 1. The average molecular weight is 229 g/mol. The van der Waals surface area contributed by atoms with Crippen molar-refractivity contribution in [1.29, 1.82) is 0 Å². The number of hydrogen-bond donors (Lipinski definition) is 2. The number of carbonyl (C=O) groups is 1. The van der Waals surface area contributed by atoms with Crippen LogP contribution in [0.2, 0.25) is 0 Å². The molecule has 3 aromatic rings. The van der Waals surface area contributed by atoms with Gasteiger partial charge in [0.25, 0.3) is 0 Å². The van der Waals surface area contributed by atoms with E-state index in [1.54, 1.807) is 18.3 Å². The topological polar surface area (TPSA) is 92.0 Å². The predicted octanol–water partition coefficient (Wildman–Crippen LogP) is 1.92. The van der Waals surface area contributed by atoms with Crippen molar-refractivity contribution >= 4 is 17.1 Å². The van der Waals surface area contributed by atoms with Crippen LogP contribution in [-0.4, -0.2) is 26.0 Å². The molecule has 3 heterocycles. The van der Waals surface area contributed by atoms with E-state index in [1.165, 1.54) is 6.20 Å². The summed E-state index contributed by atoms with van der Waals surface area (Å²) in [5.74, 6) is -0.218. The van der Waals surface area contributed by atoms with Gasteiger partial charge in [0.1, 0.15) is 5.69 Å². The number of H-pyrrole nitrogens is 1. The van der Waals surface area contributed by atoms with E-state index in [4.69, 9.17) is 9.52 Å². The second kappa shape index (κ2) is 3.44. The van der Waals surface area contributed by atoms with E-state index in [2.05, 4.69) is 15.0 Å². The molecule has 6 nitrogen and oxygen atoms in total. The van der Waals surface area contributed by atoms with Crippen molar-refractivity contribution in [2.24, 2.45) is 0 Å². The second-order valence-corrected chi connectivity index (χ2v) is 3.46. The highest BCUT2D eigenvalue weighted by atomic mass is 16.4. The quantitative estimate of drug-likeness (QED) is 0.700. The highest BCUT2D eigenvalue weighted by molar-refractivity contribution is 5.86. The van der Waals surface area contributed by atoms with E-state index in [1.807, 2.05) is 6.07 Å². The average Bonchev–Trinajstić information content (AvgIpc) is 2.95. The molecular weight excluding hydrogens is 222 g/mol. The van der Waals surface area contributed by atoms with E-state index in [9.17, 15) is 4.79 Å². The summed E-state index contributed by atoms with van der Waals surface area (Å²) in [6, 6.07) is 5.41. The van der Waals surface area contributed by atoms with Crippen molar-refractivity contribution < 1.29 is 14.3 Å². The predicted molar refractivity (Wildman–Crippen MR) is 58.6 cm³/mol. The smallest absolute Gasteiger partial charge is 0.353 e. The molecule has 0 aliphatic carbocycles. The van der Waals surface area contributed by atoms with Crippen molar-refractivity contribution in [3.63, 3.8) is 0 Å². The minimum atomic E-state index is -1.06. The van der Waals surface area contributed by atoms with Crippen LogP contribution in [0, 0.1) is 0 Å². The number of aromatic nitrogens is 3. The first-order chi connectivity index (χ1) is 8.24. The molecule has 0 radical (unpaired) electrons. The van der Waals surface area contributed by atoms with Gasteiger partial charge in [-0.05, 0) is 18.2 Å². The molecule has 3 rings (SSSR count). The molecular formula is C11H7N3O3. The van der Waals surface area contributed by atoms with Crippen LogP contribution in [0.15, 0.2) is 35.0 Å². The van der Waals surface area contributed by atoms with Gasteiger partial charge >= 0.3 is 5.97 Å². The van der Waals surface area contributed by atoms with Gasteiger partial charge < -0.3 is 14.5 Å². The molecule has 0 unspecified atom stereocenters. The second-order valence-electron chi connectivity index (χ2n) is 3.46. The lowest BCUT2D eigenvalue weighted by atomic mass is 10.3. The van der Waals surface area contributed by atoms with E-state index >= 15 is 0 Å². The summed E-state index contributed by atoms with van der Waals surface area (Å²) in [5, 5.41) is 9.61. The fraction of sp³-hybridized carbons (Fsp3) is 0. The van der Waals surface area contributed by atoms with Crippen LogP contribution in [0.25, 0.3) is 22.7 Å². The summed E-state index contributed by atoms with van der Waals surface area (Å²) in [7, 11) is 0. The van der Waals surface area contributed by atoms with Crippen LogP contribution in [0.4, 0.5) is 0 Å². The maximum absolute atomic E-state index is 10.7. The molecule has 17 heavy (non-hydrogen) atoms. The summed E-state index contributed by atoms with van der Waals surface area (Å²) in [5.41, 5.74) is 0.518. The van der Waals surface area contributed by atoms with E-state index < -0.39 is 5.97 Å². The van der Waals surface area contributed by atoms with Crippen molar-refractivity contribution in [2.75, 3.05) is 0 Å². The number of carboxylic acid groups (broad SMARTS) is 1. The Labute approximate surface area is 94.9 Å². The zero-order chi connectivity index (χ0) is 11.8. The SMILES string of the molecule is O=C(O)c1cnc(-c2cc3cccnc3o2)[nH]1. The molecule has 6 heteroatoms. The van der Waals surface area contributed by atoms with E-state index in [0.29, 0.717) is 17.3 Å². The van der Waals surface area contributed by atoms with Gasteiger partial charge in [-0.2, -0.15) is 0 Å². The molecule has 0 aromatic carbocycles. The third-order valence-electron chi connectivity index (χ3n) is 2.33. The lowest BCUT2D eigenvalue weighted by Crippen LogP contribution is -1.95.